The van der Waals surface area contributed by atoms with Gasteiger partial charge in [0, 0.05) is 56.8 Å². The van der Waals surface area contributed by atoms with Gasteiger partial charge in [-0.3, -0.25) is 19.8 Å². The number of ether oxygens (including phenoxy) is 1. The van der Waals surface area contributed by atoms with Crippen molar-refractivity contribution in [2.45, 2.75) is 32.8 Å². The molecule has 0 aliphatic carbocycles. The Labute approximate surface area is 152 Å². The molecule has 1 aliphatic rings. The van der Waals surface area contributed by atoms with Crippen molar-refractivity contribution in [3.63, 3.8) is 0 Å². The molecule has 0 radical (unpaired) electrons. The number of non-ortho nitro benzene ring substituents is 1. The van der Waals surface area contributed by atoms with E-state index < -0.39 is 10.5 Å². The third-order valence-corrected chi connectivity index (χ3v) is 4.06. The van der Waals surface area contributed by atoms with Gasteiger partial charge in [-0.1, -0.05) is 12.1 Å². The summed E-state index contributed by atoms with van der Waals surface area (Å²) in [5.74, 6) is -0.122. The quantitative estimate of drug-likeness (QED) is 0.454. The maximum Gasteiger partial charge on any atom is 0.410 e. The minimum Gasteiger partial charge on any atom is -0.444 e. The second-order valence-electron chi connectivity index (χ2n) is 7.29. The van der Waals surface area contributed by atoms with Gasteiger partial charge in [0.2, 0.25) is 0 Å². The third kappa shape index (κ3) is 5.80. The number of nitro groups is 1. The first-order chi connectivity index (χ1) is 12.2. The first kappa shape index (κ1) is 19.8. The number of nitrogens with zero attached hydrogens (tertiary/aromatic N) is 3. The minimum absolute atomic E-state index is 0.0816. The standard InChI is InChI=1S/C18H25N3O5/c1-18(2,3)26-17(23)20-11-9-19(10-12-20)8-7-16(22)14-5-4-6-15(13-14)21(24)25/h4-6,13H,7-12H2,1-3H3. The molecular formula is C18H25N3O5. The van der Waals surface area contributed by atoms with Gasteiger partial charge >= 0.3 is 6.09 Å². The maximum atomic E-state index is 12.3. The molecule has 8 heteroatoms. The van der Waals surface area contributed by atoms with Crippen LogP contribution in [0.1, 0.15) is 37.6 Å². The Bertz CT molecular complexity index is 676. The second kappa shape index (κ2) is 8.27. The fraction of sp³-hybridized carbons (Fsp3) is 0.556. The van der Waals surface area contributed by atoms with Crippen LogP contribution >= 0.6 is 0 Å². The topological polar surface area (TPSA) is 93.0 Å². The molecule has 0 saturated carbocycles. The van der Waals surface area contributed by atoms with Crippen molar-refractivity contribution in [2.24, 2.45) is 0 Å². The fourth-order valence-electron chi connectivity index (χ4n) is 2.68. The van der Waals surface area contributed by atoms with Crippen LogP contribution in [0.2, 0.25) is 0 Å². The number of hydrogen-bond donors (Lipinski definition) is 0. The number of piperazine rings is 1. The normalized spacial score (nSPS) is 15.6. The van der Waals surface area contributed by atoms with Crippen molar-refractivity contribution in [1.82, 2.24) is 9.80 Å². The highest BCUT2D eigenvalue weighted by Crippen LogP contribution is 2.15. The zero-order chi connectivity index (χ0) is 19.3. The second-order valence-corrected chi connectivity index (χ2v) is 7.29. The number of carbonyl (C=O) groups excluding carboxylic acids is 2. The van der Waals surface area contributed by atoms with Crippen LogP contribution in [0.15, 0.2) is 24.3 Å². The first-order valence-electron chi connectivity index (χ1n) is 8.63. The molecule has 1 heterocycles. The number of benzene rings is 1. The van der Waals surface area contributed by atoms with Crippen LogP contribution in [0.25, 0.3) is 0 Å². The molecule has 0 spiro atoms. The molecule has 1 fully saturated rings. The molecule has 1 aliphatic heterocycles. The van der Waals surface area contributed by atoms with Gasteiger partial charge in [-0.2, -0.15) is 0 Å². The van der Waals surface area contributed by atoms with Crippen LogP contribution in [0.3, 0.4) is 0 Å². The van der Waals surface area contributed by atoms with Crippen LogP contribution in [0, 0.1) is 10.1 Å². The summed E-state index contributed by atoms with van der Waals surface area (Å²) in [6.07, 6.45) is -0.0297. The summed E-state index contributed by atoms with van der Waals surface area (Å²) in [6, 6.07) is 5.79. The predicted molar refractivity (Wildman–Crippen MR) is 96.3 cm³/mol. The van der Waals surface area contributed by atoms with Gasteiger partial charge in [0.15, 0.2) is 5.78 Å². The lowest BCUT2D eigenvalue weighted by Gasteiger charge is -2.35. The van der Waals surface area contributed by atoms with Crippen molar-refractivity contribution in [2.75, 3.05) is 32.7 Å². The largest absolute Gasteiger partial charge is 0.444 e. The molecule has 1 aromatic carbocycles. The highest BCUT2D eigenvalue weighted by atomic mass is 16.6. The van der Waals surface area contributed by atoms with Crippen molar-refractivity contribution in [1.29, 1.82) is 0 Å². The van der Waals surface area contributed by atoms with Crippen molar-refractivity contribution in [3.8, 4) is 0 Å². The number of ketones is 1. The molecular weight excluding hydrogens is 338 g/mol. The smallest absolute Gasteiger partial charge is 0.410 e. The predicted octanol–water partition coefficient (Wildman–Crippen LogP) is 2.72. The van der Waals surface area contributed by atoms with E-state index in [1.54, 1.807) is 11.0 Å². The number of amides is 1. The lowest BCUT2D eigenvalue weighted by Crippen LogP contribution is -2.50. The summed E-state index contributed by atoms with van der Waals surface area (Å²) in [6.45, 7) is 8.51. The van der Waals surface area contributed by atoms with Crippen molar-refractivity contribution < 1.29 is 19.2 Å². The fourth-order valence-corrected chi connectivity index (χ4v) is 2.68. The molecule has 0 aromatic heterocycles. The molecule has 142 valence electrons. The molecule has 0 N–H and O–H groups in total. The van der Waals surface area contributed by atoms with E-state index in [2.05, 4.69) is 4.90 Å². The summed E-state index contributed by atoms with van der Waals surface area (Å²) in [5, 5.41) is 10.8. The van der Waals surface area contributed by atoms with E-state index >= 15 is 0 Å². The van der Waals surface area contributed by atoms with E-state index in [-0.39, 0.29) is 24.0 Å². The zero-order valence-electron chi connectivity index (χ0n) is 15.4. The highest BCUT2D eigenvalue weighted by Gasteiger charge is 2.26. The number of hydrogen-bond acceptors (Lipinski definition) is 6. The SMILES string of the molecule is CC(C)(C)OC(=O)N1CCN(CCC(=O)c2cccc([N+](=O)[O-])c2)CC1. The Morgan fingerprint density at radius 2 is 1.85 bits per heavy atom. The average molecular weight is 363 g/mol. The molecule has 2 rings (SSSR count). The average Bonchev–Trinajstić information content (AvgIpc) is 2.58. The Balaban J connectivity index is 1.79. The van der Waals surface area contributed by atoms with Gasteiger partial charge < -0.3 is 9.64 Å². The van der Waals surface area contributed by atoms with Crippen LogP contribution in [0.5, 0.6) is 0 Å². The Morgan fingerprint density at radius 3 is 2.42 bits per heavy atom. The van der Waals surface area contributed by atoms with Gasteiger partial charge in [0.05, 0.1) is 4.92 Å². The number of nitro benzene ring substituents is 1. The Hall–Kier alpha value is -2.48. The van der Waals surface area contributed by atoms with Gasteiger partial charge in [-0.15, -0.1) is 0 Å². The van der Waals surface area contributed by atoms with Gasteiger partial charge in [0.25, 0.3) is 5.69 Å². The summed E-state index contributed by atoms with van der Waals surface area (Å²) >= 11 is 0. The van der Waals surface area contributed by atoms with Crippen molar-refractivity contribution in [3.05, 3.63) is 39.9 Å². The van der Waals surface area contributed by atoms with E-state index in [1.165, 1.54) is 18.2 Å². The van der Waals surface area contributed by atoms with Crippen molar-refractivity contribution >= 4 is 17.6 Å². The molecule has 1 aromatic rings. The van der Waals surface area contributed by atoms with Crippen LogP contribution in [-0.2, 0) is 4.74 Å². The van der Waals surface area contributed by atoms with E-state index in [1.807, 2.05) is 20.8 Å². The summed E-state index contributed by atoms with van der Waals surface area (Å²) < 4.78 is 5.36. The van der Waals surface area contributed by atoms with Crippen LogP contribution in [0.4, 0.5) is 10.5 Å². The van der Waals surface area contributed by atoms with Gasteiger partial charge in [-0.05, 0) is 20.8 Å². The highest BCUT2D eigenvalue weighted by molar-refractivity contribution is 5.96. The van der Waals surface area contributed by atoms with Gasteiger partial charge in [-0.25, -0.2) is 4.79 Å². The monoisotopic (exact) mass is 363 g/mol. The number of carbonyl (C=O) groups is 2. The van der Waals surface area contributed by atoms with E-state index in [9.17, 15) is 19.7 Å². The molecule has 8 nitrogen and oxygen atoms in total. The first-order valence-corrected chi connectivity index (χ1v) is 8.63. The molecule has 1 saturated heterocycles. The van der Waals surface area contributed by atoms with Gasteiger partial charge in [0.1, 0.15) is 5.60 Å². The molecule has 0 atom stereocenters. The van der Waals surface area contributed by atoms with E-state index in [0.717, 1.165) is 0 Å². The van der Waals surface area contributed by atoms with Crippen LogP contribution in [-0.4, -0.2) is 64.9 Å². The van der Waals surface area contributed by atoms with Crippen LogP contribution < -0.4 is 0 Å². The molecule has 0 unspecified atom stereocenters. The Kier molecular flexibility index (Phi) is 6.31. The molecule has 26 heavy (non-hydrogen) atoms. The summed E-state index contributed by atoms with van der Waals surface area (Å²) in [5.41, 5.74) is -0.243. The lowest BCUT2D eigenvalue weighted by atomic mass is 10.1. The number of Topliss-reactive ketones (excluding diaryl/α,β-unsaturated/α-hetero) is 1. The van der Waals surface area contributed by atoms with E-state index in [4.69, 9.17) is 4.74 Å². The maximum absolute atomic E-state index is 12.3. The third-order valence-electron chi connectivity index (χ3n) is 4.06. The molecule has 1 amide bonds. The molecule has 0 bridgehead atoms. The van der Waals surface area contributed by atoms with E-state index in [0.29, 0.717) is 38.3 Å². The minimum atomic E-state index is -0.515. The Morgan fingerprint density at radius 1 is 1.19 bits per heavy atom. The lowest BCUT2D eigenvalue weighted by molar-refractivity contribution is -0.384. The number of rotatable bonds is 5. The zero-order valence-corrected chi connectivity index (χ0v) is 15.4. The summed E-state index contributed by atoms with van der Waals surface area (Å²) in [7, 11) is 0. The summed E-state index contributed by atoms with van der Waals surface area (Å²) in [4.78, 5) is 38.4.